The Bertz CT molecular complexity index is 729. The highest BCUT2D eigenvalue weighted by molar-refractivity contribution is 5.84. The van der Waals surface area contributed by atoms with Crippen LogP contribution in [0, 0.1) is 13.8 Å². The molecule has 0 spiro atoms. The average Bonchev–Trinajstić information content (AvgIpc) is 2.61. The Morgan fingerprint density at radius 1 is 1.00 bits per heavy atom. The van der Waals surface area contributed by atoms with Gasteiger partial charge in [0.2, 0.25) is 5.91 Å². The summed E-state index contributed by atoms with van der Waals surface area (Å²) in [6.07, 6.45) is 0. The van der Waals surface area contributed by atoms with E-state index in [0.717, 1.165) is 22.3 Å². The zero-order chi connectivity index (χ0) is 18.2. The topological polar surface area (TPSA) is 70.2 Å². The number of nitrogens with one attached hydrogen (secondary N) is 3. The van der Waals surface area contributed by atoms with Gasteiger partial charge in [-0.05, 0) is 37.5 Å². The molecule has 0 aliphatic heterocycles. The molecule has 132 valence electrons. The van der Waals surface area contributed by atoms with E-state index in [1.165, 1.54) is 0 Å². The van der Waals surface area contributed by atoms with Gasteiger partial charge in [0.15, 0.2) is 0 Å². The van der Waals surface area contributed by atoms with Crippen molar-refractivity contribution in [3.05, 3.63) is 70.8 Å². The lowest BCUT2D eigenvalue weighted by molar-refractivity contribution is -0.120. The molecule has 2 aromatic rings. The summed E-state index contributed by atoms with van der Waals surface area (Å²) in [5.74, 6) is -0.219. The largest absolute Gasteiger partial charge is 0.348 e. The molecular weight excluding hydrogens is 314 g/mol. The Kier molecular flexibility index (Phi) is 6.57. The van der Waals surface area contributed by atoms with Gasteiger partial charge in [0.05, 0.1) is 12.6 Å². The van der Waals surface area contributed by atoms with Crippen molar-refractivity contribution in [3.8, 4) is 0 Å². The van der Waals surface area contributed by atoms with E-state index in [2.05, 4.69) is 22.0 Å². The normalized spacial score (nSPS) is 11.5. The molecule has 0 fully saturated rings. The van der Waals surface area contributed by atoms with Crippen molar-refractivity contribution in [2.45, 2.75) is 33.4 Å². The Morgan fingerprint density at radius 3 is 2.44 bits per heavy atom. The number of amides is 3. The van der Waals surface area contributed by atoms with E-state index in [-0.39, 0.29) is 24.5 Å². The zero-order valence-corrected chi connectivity index (χ0v) is 14.9. The van der Waals surface area contributed by atoms with Crippen LogP contribution < -0.4 is 16.0 Å². The van der Waals surface area contributed by atoms with E-state index in [1.807, 2.05) is 63.2 Å². The van der Waals surface area contributed by atoms with Crippen molar-refractivity contribution in [2.24, 2.45) is 0 Å². The van der Waals surface area contributed by atoms with Gasteiger partial charge in [-0.25, -0.2) is 4.79 Å². The number of aryl methyl sites for hydroxylation is 2. The molecule has 1 atom stereocenters. The first-order valence-electron chi connectivity index (χ1n) is 8.38. The second kappa shape index (κ2) is 8.87. The van der Waals surface area contributed by atoms with Crippen molar-refractivity contribution in [2.75, 3.05) is 6.54 Å². The molecule has 0 aliphatic carbocycles. The van der Waals surface area contributed by atoms with Crippen LogP contribution in [0.15, 0.2) is 48.5 Å². The van der Waals surface area contributed by atoms with Gasteiger partial charge in [-0.2, -0.15) is 0 Å². The quantitative estimate of drug-likeness (QED) is 0.757. The fourth-order valence-electron chi connectivity index (χ4n) is 2.60. The first-order chi connectivity index (χ1) is 12.0. The number of carbonyl (C=O) groups is 2. The minimum Gasteiger partial charge on any atom is -0.348 e. The van der Waals surface area contributed by atoms with Crippen LogP contribution in [0.4, 0.5) is 4.79 Å². The molecule has 0 unspecified atom stereocenters. The maximum atomic E-state index is 12.0. The third-order valence-electron chi connectivity index (χ3n) is 3.98. The molecule has 5 nitrogen and oxygen atoms in total. The highest BCUT2D eigenvalue weighted by Crippen LogP contribution is 2.18. The van der Waals surface area contributed by atoms with Crippen LogP contribution in [0.3, 0.4) is 0 Å². The van der Waals surface area contributed by atoms with Gasteiger partial charge in [0, 0.05) is 6.54 Å². The summed E-state index contributed by atoms with van der Waals surface area (Å²) in [6, 6.07) is 15.3. The molecule has 3 amide bonds. The maximum absolute atomic E-state index is 12.0. The van der Waals surface area contributed by atoms with Crippen LogP contribution in [0.2, 0.25) is 0 Å². The molecule has 5 heteroatoms. The first kappa shape index (κ1) is 18.5. The van der Waals surface area contributed by atoms with Gasteiger partial charge in [-0.3, -0.25) is 4.79 Å². The second-order valence-corrected chi connectivity index (χ2v) is 6.17. The lowest BCUT2D eigenvalue weighted by atomic mass is 10.00. The summed E-state index contributed by atoms with van der Waals surface area (Å²) in [5, 5.41) is 8.21. The van der Waals surface area contributed by atoms with Gasteiger partial charge in [0.25, 0.3) is 0 Å². The summed E-state index contributed by atoms with van der Waals surface area (Å²) in [6.45, 7) is 6.35. The third-order valence-corrected chi connectivity index (χ3v) is 3.98. The van der Waals surface area contributed by atoms with Crippen LogP contribution in [0.5, 0.6) is 0 Å². The molecule has 0 saturated heterocycles. The Morgan fingerprint density at radius 2 is 1.72 bits per heavy atom. The zero-order valence-electron chi connectivity index (χ0n) is 14.9. The van der Waals surface area contributed by atoms with Gasteiger partial charge < -0.3 is 16.0 Å². The van der Waals surface area contributed by atoms with Gasteiger partial charge in [-0.15, -0.1) is 0 Å². The number of carbonyl (C=O) groups excluding carboxylic acids is 2. The average molecular weight is 339 g/mol. The van der Waals surface area contributed by atoms with Crippen LogP contribution in [0.1, 0.15) is 35.2 Å². The molecule has 2 rings (SSSR count). The van der Waals surface area contributed by atoms with E-state index < -0.39 is 0 Å². The van der Waals surface area contributed by atoms with Gasteiger partial charge >= 0.3 is 6.03 Å². The molecular formula is C20H25N3O2. The molecule has 2 aromatic carbocycles. The Balaban J connectivity index is 1.76. The number of urea groups is 1. The van der Waals surface area contributed by atoms with Crippen LogP contribution in [0.25, 0.3) is 0 Å². The third kappa shape index (κ3) is 5.95. The van der Waals surface area contributed by atoms with Crippen molar-refractivity contribution in [1.82, 2.24) is 16.0 Å². The molecule has 0 heterocycles. The standard InChI is InChI=1S/C20H25N3O2/c1-14-9-10-15(2)18(11-14)16(3)23-19(24)13-22-20(25)21-12-17-7-5-4-6-8-17/h4-11,16H,12-13H2,1-3H3,(H,23,24)(H2,21,22,25)/t16-/m0/s1. The van der Waals surface area contributed by atoms with Crippen LogP contribution in [-0.4, -0.2) is 18.5 Å². The SMILES string of the molecule is Cc1ccc(C)c([C@H](C)NC(=O)CNC(=O)NCc2ccccc2)c1. The summed E-state index contributed by atoms with van der Waals surface area (Å²) >= 11 is 0. The smallest absolute Gasteiger partial charge is 0.315 e. The minimum atomic E-state index is -0.363. The van der Waals surface area contributed by atoms with E-state index >= 15 is 0 Å². The van der Waals surface area contributed by atoms with Gasteiger partial charge in [-0.1, -0.05) is 54.1 Å². The second-order valence-electron chi connectivity index (χ2n) is 6.17. The molecule has 0 aliphatic rings. The highest BCUT2D eigenvalue weighted by Gasteiger charge is 2.12. The van der Waals surface area contributed by atoms with Crippen molar-refractivity contribution in [1.29, 1.82) is 0 Å². The lowest BCUT2D eigenvalue weighted by Gasteiger charge is -2.17. The Hall–Kier alpha value is -2.82. The lowest BCUT2D eigenvalue weighted by Crippen LogP contribution is -2.42. The number of hydrogen-bond acceptors (Lipinski definition) is 2. The summed E-state index contributed by atoms with van der Waals surface area (Å²) < 4.78 is 0. The number of hydrogen-bond donors (Lipinski definition) is 3. The highest BCUT2D eigenvalue weighted by atomic mass is 16.2. The minimum absolute atomic E-state index is 0.0597. The van der Waals surface area contributed by atoms with E-state index in [9.17, 15) is 9.59 Å². The fourth-order valence-corrected chi connectivity index (χ4v) is 2.60. The molecule has 0 radical (unpaired) electrons. The molecule has 0 bridgehead atoms. The van der Waals surface area contributed by atoms with E-state index in [0.29, 0.717) is 6.54 Å². The maximum Gasteiger partial charge on any atom is 0.315 e. The van der Waals surface area contributed by atoms with Gasteiger partial charge in [0.1, 0.15) is 0 Å². The van der Waals surface area contributed by atoms with Crippen LogP contribution >= 0.6 is 0 Å². The summed E-state index contributed by atoms with van der Waals surface area (Å²) in [4.78, 5) is 23.8. The molecule has 3 N–H and O–H groups in total. The monoisotopic (exact) mass is 339 g/mol. The van der Waals surface area contributed by atoms with Crippen molar-refractivity contribution >= 4 is 11.9 Å². The predicted molar refractivity (Wildman–Crippen MR) is 99.2 cm³/mol. The summed E-state index contributed by atoms with van der Waals surface area (Å²) in [5.41, 5.74) is 4.37. The molecule has 0 saturated carbocycles. The first-order valence-corrected chi connectivity index (χ1v) is 8.38. The van der Waals surface area contributed by atoms with Crippen molar-refractivity contribution in [3.63, 3.8) is 0 Å². The van der Waals surface area contributed by atoms with Crippen LogP contribution in [-0.2, 0) is 11.3 Å². The Labute approximate surface area is 148 Å². The predicted octanol–water partition coefficient (Wildman–Crippen LogP) is 2.98. The summed E-state index contributed by atoms with van der Waals surface area (Å²) in [7, 11) is 0. The van der Waals surface area contributed by atoms with Crippen molar-refractivity contribution < 1.29 is 9.59 Å². The number of rotatable bonds is 6. The molecule has 0 aromatic heterocycles. The van der Waals surface area contributed by atoms with E-state index in [4.69, 9.17) is 0 Å². The fraction of sp³-hybridized carbons (Fsp3) is 0.300. The molecule has 25 heavy (non-hydrogen) atoms. The van der Waals surface area contributed by atoms with E-state index in [1.54, 1.807) is 0 Å². The number of benzene rings is 2.